The van der Waals surface area contributed by atoms with Crippen molar-refractivity contribution >= 4 is 17.7 Å². The summed E-state index contributed by atoms with van der Waals surface area (Å²) < 4.78 is 80.6. The number of nitrogens with zero attached hydrogens (tertiary/aromatic N) is 2. The maximum absolute atomic E-state index is 13.6. The fraction of sp³-hybridized carbons (Fsp3) is 0.458. The van der Waals surface area contributed by atoms with E-state index in [9.17, 15) is 50.9 Å². The number of halogens is 6. The van der Waals surface area contributed by atoms with Gasteiger partial charge in [0.1, 0.15) is 6.04 Å². The first kappa shape index (κ1) is 28.5. The highest BCUT2D eigenvalue weighted by Gasteiger charge is 2.73. The monoisotopic (exact) mass is 590 g/mol. The van der Waals surface area contributed by atoms with Gasteiger partial charge in [-0.05, 0) is 18.2 Å². The zero-order valence-corrected chi connectivity index (χ0v) is 21.0. The summed E-state index contributed by atoms with van der Waals surface area (Å²) in [5, 5.41) is 33.7. The fourth-order valence-electron chi connectivity index (χ4n) is 5.91. The van der Waals surface area contributed by atoms with Gasteiger partial charge in [-0.15, -0.1) is 0 Å². The number of nitrogens with one attached hydrogen (secondary N) is 4. The van der Waals surface area contributed by atoms with Crippen LogP contribution in [0.4, 0.5) is 26.3 Å². The van der Waals surface area contributed by atoms with Gasteiger partial charge in [0.15, 0.2) is 5.66 Å². The number of hydrogen-bond acceptors (Lipinski definition) is 9. The van der Waals surface area contributed by atoms with E-state index in [0.717, 1.165) is 4.90 Å². The predicted molar refractivity (Wildman–Crippen MR) is 126 cm³/mol. The second-order valence-electron chi connectivity index (χ2n) is 10.2. The summed E-state index contributed by atoms with van der Waals surface area (Å²) in [6.07, 6.45) is -10.3. The van der Waals surface area contributed by atoms with E-state index in [1.165, 1.54) is 4.90 Å². The number of rotatable bonds is 4. The lowest BCUT2D eigenvalue weighted by atomic mass is 9.84. The Kier molecular flexibility index (Phi) is 6.27. The number of hydrogen-bond donors (Lipinski definition) is 6. The van der Waals surface area contributed by atoms with Gasteiger partial charge < -0.3 is 36.4 Å². The van der Waals surface area contributed by atoms with Crippen molar-refractivity contribution in [2.45, 2.75) is 54.8 Å². The number of aliphatic hydroxyl groups is 2. The van der Waals surface area contributed by atoms with Crippen LogP contribution in [0.25, 0.3) is 0 Å². The standard InChI is InChI=1S/C24H24F6N6O5/c1-10-31-19-15(8-35-17(37)5-6-18(35)38)32-11(2)36-9-16(22(40,41)21(19,36)34-10)33-20(39)13-7-12(23(25,26)27)3-4-14(13)24(28,29)30/h3-4,7,15-16,19,31-32,34,40-41H,1-2,5-6,8-9H2,(H,33,39)/t15-,16?,19-,21-/m0/s1. The van der Waals surface area contributed by atoms with Crippen molar-refractivity contribution in [2.24, 2.45) is 0 Å². The zero-order valence-electron chi connectivity index (χ0n) is 21.0. The van der Waals surface area contributed by atoms with Gasteiger partial charge in [-0.25, -0.2) is 0 Å². The smallest absolute Gasteiger partial charge is 0.365 e. The summed E-state index contributed by atoms with van der Waals surface area (Å²) in [7, 11) is 0. The van der Waals surface area contributed by atoms with Crippen LogP contribution in [0.3, 0.4) is 0 Å². The molecule has 0 saturated carbocycles. The molecule has 4 fully saturated rings. The Labute approximate surface area is 227 Å². The van der Waals surface area contributed by atoms with Crippen molar-refractivity contribution in [1.29, 1.82) is 0 Å². The average molecular weight is 590 g/mol. The second-order valence-corrected chi connectivity index (χ2v) is 10.2. The molecule has 1 aromatic rings. The lowest BCUT2D eigenvalue weighted by Gasteiger charge is -2.52. The van der Waals surface area contributed by atoms with Gasteiger partial charge in [0.05, 0.1) is 47.0 Å². The van der Waals surface area contributed by atoms with E-state index in [4.69, 9.17) is 0 Å². The Morgan fingerprint density at radius 2 is 1.68 bits per heavy atom. The Morgan fingerprint density at radius 1 is 1.05 bits per heavy atom. The molecule has 5 rings (SSSR count). The SMILES string of the molecule is C=C1N[C@H]2[C@H](CN3C(=O)CCC3=O)NC(=C)N3CC(NC(=O)c4cc(C(F)(F)F)ccc4C(F)(F)F)C(O)(O)[C@]23N1. The largest absolute Gasteiger partial charge is 0.417 e. The van der Waals surface area contributed by atoms with Gasteiger partial charge in [-0.3, -0.25) is 19.3 Å². The first-order valence-corrected chi connectivity index (χ1v) is 12.2. The van der Waals surface area contributed by atoms with Crippen LogP contribution in [0, 0.1) is 0 Å². The van der Waals surface area contributed by atoms with E-state index in [1.807, 2.05) is 5.32 Å². The third-order valence-electron chi connectivity index (χ3n) is 7.78. The topological polar surface area (TPSA) is 146 Å². The molecule has 0 aromatic heterocycles. The number of benzene rings is 1. The van der Waals surface area contributed by atoms with Crippen LogP contribution < -0.4 is 21.3 Å². The molecule has 4 saturated heterocycles. The summed E-state index contributed by atoms with van der Waals surface area (Å²) in [5.74, 6) is -5.43. The van der Waals surface area contributed by atoms with Crippen molar-refractivity contribution in [2.75, 3.05) is 13.1 Å². The molecule has 0 bridgehead atoms. The summed E-state index contributed by atoms with van der Waals surface area (Å²) in [5.41, 5.74) is -6.52. The van der Waals surface area contributed by atoms with Gasteiger partial charge >= 0.3 is 12.4 Å². The molecule has 1 unspecified atom stereocenters. The van der Waals surface area contributed by atoms with E-state index in [1.54, 1.807) is 0 Å². The van der Waals surface area contributed by atoms with Gasteiger partial charge in [0.2, 0.25) is 17.6 Å². The van der Waals surface area contributed by atoms with Crippen molar-refractivity contribution in [3.8, 4) is 0 Å². The molecule has 222 valence electrons. The van der Waals surface area contributed by atoms with Crippen LogP contribution in [0.2, 0.25) is 0 Å². The third kappa shape index (κ3) is 4.34. The zero-order chi connectivity index (χ0) is 30.3. The Hall–Kier alpha value is -3.99. The molecule has 0 radical (unpaired) electrons. The first-order valence-electron chi connectivity index (χ1n) is 12.2. The molecule has 4 aliphatic rings. The van der Waals surface area contributed by atoms with Gasteiger partial charge in [-0.1, -0.05) is 13.2 Å². The molecule has 0 aliphatic carbocycles. The summed E-state index contributed by atoms with van der Waals surface area (Å²) >= 11 is 0. The lowest BCUT2D eigenvalue weighted by molar-refractivity contribution is -0.238. The van der Waals surface area contributed by atoms with Gasteiger partial charge in [0, 0.05) is 19.4 Å². The number of imide groups is 1. The number of carbonyl (C=O) groups excluding carboxylic acids is 3. The Morgan fingerprint density at radius 3 is 2.27 bits per heavy atom. The van der Waals surface area contributed by atoms with E-state index in [2.05, 4.69) is 29.1 Å². The summed E-state index contributed by atoms with van der Waals surface area (Å²) in [6.45, 7) is 6.88. The molecule has 17 heteroatoms. The molecule has 4 atom stereocenters. The highest BCUT2D eigenvalue weighted by molar-refractivity contribution is 6.02. The minimum atomic E-state index is -5.20. The van der Waals surface area contributed by atoms with Crippen molar-refractivity contribution in [3.05, 3.63) is 59.7 Å². The molecule has 4 heterocycles. The van der Waals surface area contributed by atoms with Crippen molar-refractivity contribution in [1.82, 2.24) is 31.1 Å². The number of likely N-dealkylation sites (tertiary alicyclic amines) is 1. The van der Waals surface area contributed by atoms with Gasteiger partial charge in [-0.2, -0.15) is 26.3 Å². The quantitative estimate of drug-likeness (QED) is 0.164. The average Bonchev–Trinajstić information content (AvgIpc) is 3.45. The minimum absolute atomic E-state index is 0.000315. The van der Waals surface area contributed by atoms with Crippen LogP contribution in [0.15, 0.2) is 43.0 Å². The Balaban J connectivity index is 1.49. The van der Waals surface area contributed by atoms with Crippen LogP contribution >= 0.6 is 0 Å². The highest BCUT2D eigenvalue weighted by Crippen LogP contribution is 2.46. The third-order valence-corrected chi connectivity index (χ3v) is 7.78. The number of carbonyl (C=O) groups is 3. The van der Waals surface area contributed by atoms with Crippen LogP contribution in [-0.4, -0.2) is 80.4 Å². The molecule has 3 amide bonds. The summed E-state index contributed by atoms with van der Waals surface area (Å²) in [4.78, 5) is 39.8. The molecular weight excluding hydrogens is 566 g/mol. The molecule has 4 aliphatic heterocycles. The Bertz CT molecular complexity index is 1350. The van der Waals surface area contributed by atoms with E-state index in [-0.39, 0.29) is 49.2 Å². The molecule has 1 spiro atoms. The minimum Gasteiger partial charge on any atom is -0.365 e. The van der Waals surface area contributed by atoms with Crippen molar-refractivity contribution in [3.63, 3.8) is 0 Å². The van der Waals surface area contributed by atoms with E-state index in [0.29, 0.717) is 0 Å². The van der Waals surface area contributed by atoms with Crippen molar-refractivity contribution < 1.29 is 50.9 Å². The molecule has 11 nitrogen and oxygen atoms in total. The maximum atomic E-state index is 13.6. The number of alkyl halides is 6. The predicted octanol–water partition coefficient (Wildman–Crippen LogP) is 0.140. The summed E-state index contributed by atoms with van der Waals surface area (Å²) in [6, 6.07) is -3.38. The van der Waals surface area contributed by atoms with E-state index < -0.39 is 82.9 Å². The normalized spacial score (nSPS) is 29.1. The molecule has 6 N–H and O–H groups in total. The second kappa shape index (κ2) is 9.01. The lowest BCUT2D eigenvalue weighted by Crippen LogP contribution is -2.79. The molecule has 41 heavy (non-hydrogen) atoms. The van der Waals surface area contributed by atoms with Crippen LogP contribution in [0.1, 0.15) is 34.3 Å². The molecule has 1 aromatic carbocycles. The number of amides is 3. The highest BCUT2D eigenvalue weighted by atomic mass is 19.4. The fourth-order valence-corrected chi connectivity index (χ4v) is 5.91. The van der Waals surface area contributed by atoms with Crippen LogP contribution in [0.5, 0.6) is 0 Å². The molecular formula is C24H24F6N6O5. The van der Waals surface area contributed by atoms with E-state index >= 15 is 0 Å². The first-order chi connectivity index (χ1) is 18.9. The van der Waals surface area contributed by atoms with Gasteiger partial charge in [0.25, 0.3) is 5.91 Å². The maximum Gasteiger partial charge on any atom is 0.417 e. The van der Waals surface area contributed by atoms with Crippen LogP contribution in [-0.2, 0) is 21.9 Å².